The zero-order chi connectivity index (χ0) is 14.6. The van der Waals surface area contributed by atoms with Crippen LogP contribution in [0.5, 0.6) is 0 Å². The largest absolute Gasteiger partial charge is 0.452 e. The molecule has 0 radical (unpaired) electrons. The quantitative estimate of drug-likeness (QED) is 0.695. The Balaban J connectivity index is 1.98. The van der Waals surface area contributed by atoms with Crippen LogP contribution in [-0.4, -0.2) is 21.5 Å². The first kappa shape index (κ1) is 16.0. The maximum atomic E-state index is 12.2. The van der Waals surface area contributed by atoms with Gasteiger partial charge in [0.05, 0.1) is 6.54 Å². The summed E-state index contributed by atoms with van der Waals surface area (Å²) in [7, 11) is -3.49. The number of nitrogens with one attached hydrogen (secondary N) is 2. The molecule has 5 nitrogen and oxygen atoms in total. The van der Waals surface area contributed by atoms with E-state index in [2.05, 4.69) is 32.9 Å². The Morgan fingerprint density at radius 2 is 2.20 bits per heavy atom. The van der Waals surface area contributed by atoms with Crippen LogP contribution in [0.15, 0.2) is 20.0 Å². The van der Waals surface area contributed by atoms with Gasteiger partial charge in [0.15, 0.2) is 4.67 Å². The fraction of sp³-hybridized carbons (Fsp3) is 0.692. The molecule has 1 fully saturated rings. The summed E-state index contributed by atoms with van der Waals surface area (Å²) in [4.78, 5) is 0.185. The molecular weight excluding hydrogens is 344 g/mol. The van der Waals surface area contributed by atoms with Crippen LogP contribution in [-0.2, 0) is 16.6 Å². The monoisotopic (exact) mass is 364 g/mol. The summed E-state index contributed by atoms with van der Waals surface area (Å²) in [5.41, 5.74) is 0. The molecule has 0 bridgehead atoms. The second-order valence-electron chi connectivity index (χ2n) is 5.18. The molecule has 20 heavy (non-hydrogen) atoms. The van der Waals surface area contributed by atoms with E-state index in [0.29, 0.717) is 24.8 Å². The predicted molar refractivity (Wildman–Crippen MR) is 80.9 cm³/mol. The lowest BCUT2D eigenvalue weighted by Crippen LogP contribution is -2.32. The number of halogens is 1. The first-order valence-electron chi connectivity index (χ1n) is 7.01. The van der Waals surface area contributed by atoms with Gasteiger partial charge < -0.3 is 9.73 Å². The highest BCUT2D eigenvalue weighted by Crippen LogP contribution is 2.28. The molecule has 0 spiro atoms. The van der Waals surface area contributed by atoms with Crippen LogP contribution in [0.25, 0.3) is 0 Å². The number of rotatable bonds is 8. The molecule has 1 saturated carbocycles. The van der Waals surface area contributed by atoms with E-state index < -0.39 is 10.0 Å². The highest BCUT2D eigenvalue weighted by molar-refractivity contribution is 9.10. The van der Waals surface area contributed by atoms with Gasteiger partial charge in [0, 0.05) is 12.6 Å². The van der Waals surface area contributed by atoms with E-state index in [1.54, 1.807) is 6.07 Å². The van der Waals surface area contributed by atoms with E-state index >= 15 is 0 Å². The fourth-order valence-corrected chi connectivity index (χ4v) is 4.17. The molecule has 1 aliphatic carbocycles. The first-order chi connectivity index (χ1) is 9.53. The van der Waals surface area contributed by atoms with Gasteiger partial charge >= 0.3 is 0 Å². The van der Waals surface area contributed by atoms with Gasteiger partial charge in [-0.05, 0) is 47.7 Å². The van der Waals surface area contributed by atoms with Gasteiger partial charge in [-0.3, -0.25) is 0 Å². The molecule has 1 aliphatic rings. The third-order valence-electron chi connectivity index (χ3n) is 3.51. The van der Waals surface area contributed by atoms with E-state index in [9.17, 15) is 8.42 Å². The maximum absolute atomic E-state index is 12.2. The van der Waals surface area contributed by atoms with Crippen LogP contribution in [0.1, 0.15) is 38.4 Å². The van der Waals surface area contributed by atoms with Crippen LogP contribution in [0, 0.1) is 5.92 Å². The van der Waals surface area contributed by atoms with Crippen molar-refractivity contribution in [1.29, 1.82) is 0 Å². The first-order valence-corrected chi connectivity index (χ1v) is 9.29. The van der Waals surface area contributed by atoms with Crippen molar-refractivity contribution in [3.8, 4) is 0 Å². The molecule has 0 aromatic carbocycles. The zero-order valence-corrected chi connectivity index (χ0v) is 14.0. The minimum atomic E-state index is -3.49. The molecule has 0 aliphatic heterocycles. The molecule has 0 unspecified atom stereocenters. The Bertz CT molecular complexity index is 538. The minimum absolute atomic E-state index is 0.185. The number of hydrogen-bond acceptors (Lipinski definition) is 4. The Morgan fingerprint density at radius 3 is 2.80 bits per heavy atom. The third-order valence-corrected chi connectivity index (χ3v) is 5.79. The van der Waals surface area contributed by atoms with Crippen molar-refractivity contribution in [1.82, 2.24) is 10.0 Å². The molecule has 2 rings (SSSR count). The third kappa shape index (κ3) is 4.07. The highest BCUT2D eigenvalue weighted by atomic mass is 79.9. The highest BCUT2D eigenvalue weighted by Gasteiger charge is 2.25. The van der Waals surface area contributed by atoms with Crippen molar-refractivity contribution in [2.24, 2.45) is 5.92 Å². The summed E-state index contributed by atoms with van der Waals surface area (Å²) in [5, 5.41) is 3.18. The molecule has 0 saturated heterocycles. The van der Waals surface area contributed by atoms with Gasteiger partial charge in [0.2, 0.25) is 10.0 Å². The predicted octanol–water partition coefficient (Wildman–Crippen LogP) is 2.62. The number of furan rings is 1. The van der Waals surface area contributed by atoms with Crippen LogP contribution in [0.4, 0.5) is 0 Å². The summed E-state index contributed by atoms with van der Waals surface area (Å²) < 4.78 is 32.8. The molecule has 1 aromatic rings. The standard InChI is InChI=1S/C13H21BrN2O3S/c1-2-6-15-9-11-7-12(13(14)19-11)20(17,18)16-8-10-4-3-5-10/h7,10,15-16H,2-6,8-9H2,1H3. The Hall–Kier alpha value is -0.370. The molecular formula is C13H21BrN2O3S. The number of sulfonamides is 1. The average Bonchev–Trinajstić information content (AvgIpc) is 2.69. The average molecular weight is 365 g/mol. The van der Waals surface area contributed by atoms with Crippen molar-refractivity contribution in [3.05, 3.63) is 16.5 Å². The minimum Gasteiger partial charge on any atom is -0.452 e. The van der Waals surface area contributed by atoms with E-state index in [-0.39, 0.29) is 9.56 Å². The summed E-state index contributed by atoms with van der Waals surface area (Å²) in [6, 6.07) is 1.58. The van der Waals surface area contributed by atoms with Gasteiger partial charge in [-0.2, -0.15) is 0 Å². The fourth-order valence-electron chi connectivity index (χ4n) is 2.06. The number of hydrogen-bond donors (Lipinski definition) is 2. The van der Waals surface area contributed by atoms with Gasteiger partial charge in [0.25, 0.3) is 0 Å². The molecule has 114 valence electrons. The van der Waals surface area contributed by atoms with Gasteiger partial charge in [-0.1, -0.05) is 13.3 Å². The van der Waals surface area contributed by atoms with Crippen LogP contribution in [0.3, 0.4) is 0 Å². The summed E-state index contributed by atoms with van der Waals surface area (Å²) in [6.07, 6.45) is 4.45. The smallest absolute Gasteiger partial charge is 0.244 e. The summed E-state index contributed by atoms with van der Waals surface area (Å²) >= 11 is 3.19. The molecule has 1 heterocycles. The van der Waals surface area contributed by atoms with Gasteiger partial charge in [-0.25, -0.2) is 13.1 Å². The van der Waals surface area contributed by atoms with Gasteiger partial charge in [-0.15, -0.1) is 0 Å². The van der Waals surface area contributed by atoms with Crippen molar-refractivity contribution in [2.45, 2.75) is 44.0 Å². The van der Waals surface area contributed by atoms with E-state index in [1.165, 1.54) is 6.42 Å². The van der Waals surface area contributed by atoms with Crippen LogP contribution >= 0.6 is 15.9 Å². The molecule has 2 N–H and O–H groups in total. The lowest BCUT2D eigenvalue weighted by molar-refractivity contribution is 0.316. The summed E-state index contributed by atoms with van der Waals surface area (Å²) in [5.74, 6) is 1.11. The Labute approximate surface area is 128 Å². The zero-order valence-electron chi connectivity index (χ0n) is 11.6. The Morgan fingerprint density at radius 1 is 1.45 bits per heavy atom. The van der Waals surface area contributed by atoms with Crippen molar-refractivity contribution in [2.75, 3.05) is 13.1 Å². The van der Waals surface area contributed by atoms with Crippen LogP contribution in [0.2, 0.25) is 0 Å². The van der Waals surface area contributed by atoms with E-state index in [0.717, 1.165) is 25.8 Å². The van der Waals surface area contributed by atoms with Gasteiger partial charge in [0.1, 0.15) is 10.7 Å². The molecule has 0 amide bonds. The van der Waals surface area contributed by atoms with Crippen molar-refractivity contribution in [3.63, 3.8) is 0 Å². The Kier molecular flexibility index (Phi) is 5.65. The van der Waals surface area contributed by atoms with E-state index in [1.807, 2.05) is 0 Å². The van der Waals surface area contributed by atoms with Crippen molar-refractivity contribution >= 4 is 26.0 Å². The normalized spacial score (nSPS) is 16.3. The SMILES string of the molecule is CCCNCc1cc(S(=O)(=O)NCC2CCC2)c(Br)o1. The molecule has 7 heteroatoms. The lowest BCUT2D eigenvalue weighted by atomic mass is 9.86. The lowest BCUT2D eigenvalue weighted by Gasteiger charge is -2.25. The summed E-state index contributed by atoms with van der Waals surface area (Å²) in [6.45, 7) is 4.00. The second-order valence-corrected chi connectivity index (χ2v) is 7.63. The second kappa shape index (κ2) is 7.06. The van der Waals surface area contributed by atoms with E-state index in [4.69, 9.17) is 4.42 Å². The molecule has 1 aromatic heterocycles. The maximum Gasteiger partial charge on any atom is 0.244 e. The van der Waals surface area contributed by atoms with Crippen molar-refractivity contribution < 1.29 is 12.8 Å². The molecule has 0 atom stereocenters. The van der Waals surface area contributed by atoms with Crippen LogP contribution < -0.4 is 10.0 Å². The topological polar surface area (TPSA) is 71.3 Å².